The van der Waals surface area contributed by atoms with Crippen LogP contribution >= 0.6 is 23.2 Å². The number of nitrogens with zero attached hydrogens (tertiary/aromatic N) is 2. The number of nitrogens with two attached hydrogens (primary N) is 1. The molecule has 0 saturated heterocycles. The van der Waals surface area contributed by atoms with Gasteiger partial charge in [0, 0.05) is 0 Å². The average Bonchev–Trinajstić information content (AvgIpc) is 2.81. The summed E-state index contributed by atoms with van der Waals surface area (Å²) >= 11 is 13.2. The van der Waals surface area contributed by atoms with Gasteiger partial charge in [-0.15, -0.1) is 0 Å². The van der Waals surface area contributed by atoms with Gasteiger partial charge in [-0.05, 0) is 11.5 Å². The van der Waals surface area contributed by atoms with Crippen molar-refractivity contribution in [3.05, 3.63) is 16.1 Å². The molecule has 1 aliphatic rings. The zero-order valence-corrected chi connectivity index (χ0v) is 13.5. The van der Waals surface area contributed by atoms with Crippen molar-refractivity contribution in [3.8, 4) is 0 Å². The molecule has 0 aromatic heterocycles. The van der Waals surface area contributed by atoms with Crippen LogP contribution in [0.2, 0.25) is 10.0 Å². The van der Waals surface area contributed by atoms with Crippen molar-refractivity contribution in [1.29, 1.82) is 0 Å². The summed E-state index contributed by atoms with van der Waals surface area (Å²) in [6.07, 6.45) is 0. The predicted molar refractivity (Wildman–Crippen MR) is 84.1 cm³/mol. The van der Waals surface area contributed by atoms with Crippen LogP contribution in [0.25, 0.3) is 0 Å². The van der Waals surface area contributed by atoms with Gasteiger partial charge in [0.25, 0.3) is 0 Å². The van der Waals surface area contributed by atoms with Gasteiger partial charge < -0.3 is 11.1 Å². The second-order valence-corrected chi connectivity index (χ2v) is 6.85. The van der Waals surface area contributed by atoms with Crippen molar-refractivity contribution >= 4 is 57.5 Å². The molecule has 1 aliphatic heterocycles. The molecule has 5 nitrogen and oxygen atoms in total. The van der Waals surface area contributed by atoms with E-state index in [0.717, 1.165) is 11.4 Å². The molecule has 2 rings (SSSR count). The Hall–Kier alpha value is -0.950. The highest BCUT2D eigenvalue weighted by Gasteiger charge is 2.29. The van der Waals surface area contributed by atoms with Crippen molar-refractivity contribution in [2.45, 2.75) is 26.8 Å². The number of hydrogen-bond acceptors (Lipinski definition) is 4. The monoisotopic (exact) mass is 332 g/mol. The zero-order valence-electron chi connectivity index (χ0n) is 11.2. The van der Waals surface area contributed by atoms with Crippen LogP contribution in [0.1, 0.15) is 20.8 Å². The third-order valence-corrected chi connectivity index (χ3v) is 4.02. The van der Waals surface area contributed by atoms with Gasteiger partial charge in [-0.2, -0.15) is 8.73 Å². The Bertz CT molecular complexity index is 648. The van der Waals surface area contributed by atoms with E-state index in [0.29, 0.717) is 27.1 Å². The SMILES string of the molecule is CC(C)(C)[C@H](N)C(=O)Nc1c(Cl)cc(Cl)c2c1N=S=N2. The summed E-state index contributed by atoms with van der Waals surface area (Å²) in [4.78, 5) is 12.2. The quantitative estimate of drug-likeness (QED) is 0.870. The van der Waals surface area contributed by atoms with Crippen molar-refractivity contribution in [1.82, 2.24) is 0 Å². The van der Waals surface area contributed by atoms with Gasteiger partial charge in [-0.1, -0.05) is 44.0 Å². The van der Waals surface area contributed by atoms with Gasteiger partial charge in [0.05, 0.1) is 33.1 Å². The number of anilines is 1. The molecule has 0 bridgehead atoms. The van der Waals surface area contributed by atoms with Crippen molar-refractivity contribution < 1.29 is 4.79 Å². The van der Waals surface area contributed by atoms with Gasteiger partial charge in [0.1, 0.15) is 11.4 Å². The smallest absolute Gasteiger partial charge is 0.241 e. The fourth-order valence-corrected chi connectivity index (χ4v) is 2.75. The average molecular weight is 333 g/mol. The topological polar surface area (TPSA) is 79.8 Å². The van der Waals surface area contributed by atoms with Crippen LogP contribution in [0, 0.1) is 5.41 Å². The number of halogens is 2. The standard InChI is InChI=1S/C12H14Cl2N4OS/c1-12(2,3)10(15)11(19)16-7-5(13)4-6(14)8-9(7)18-20-17-8/h4,10H,15H2,1-3H3,(H,16,19)/t10-/m1/s1. The maximum absolute atomic E-state index is 12.2. The number of benzene rings is 1. The Balaban J connectivity index is 2.35. The van der Waals surface area contributed by atoms with E-state index in [4.69, 9.17) is 28.9 Å². The first-order valence-corrected chi connectivity index (χ1v) is 7.37. The van der Waals surface area contributed by atoms with Crippen LogP contribution in [-0.4, -0.2) is 11.9 Å². The molecule has 3 N–H and O–H groups in total. The van der Waals surface area contributed by atoms with E-state index in [9.17, 15) is 4.79 Å². The largest absolute Gasteiger partial charge is 0.322 e. The Labute approximate surface area is 130 Å². The van der Waals surface area contributed by atoms with E-state index in [2.05, 4.69) is 14.0 Å². The summed E-state index contributed by atoms with van der Waals surface area (Å²) < 4.78 is 8.20. The lowest BCUT2D eigenvalue weighted by atomic mass is 9.87. The van der Waals surface area contributed by atoms with Gasteiger partial charge in [0.2, 0.25) is 5.91 Å². The number of carbonyl (C=O) groups excluding carboxylic acids is 1. The number of nitrogens with one attached hydrogen (secondary N) is 1. The van der Waals surface area contributed by atoms with Crippen molar-refractivity contribution in [2.75, 3.05) is 5.32 Å². The molecule has 0 spiro atoms. The molecule has 1 aromatic carbocycles. The fraction of sp³-hybridized carbons (Fsp3) is 0.417. The molecule has 1 amide bonds. The summed E-state index contributed by atoms with van der Waals surface area (Å²) in [5.41, 5.74) is 6.95. The van der Waals surface area contributed by atoms with E-state index >= 15 is 0 Å². The van der Waals surface area contributed by atoms with Crippen LogP contribution in [0.15, 0.2) is 14.8 Å². The van der Waals surface area contributed by atoms with Crippen LogP contribution in [0.5, 0.6) is 0 Å². The predicted octanol–water partition coefficient (Wildman–Crippen LogP) is 4.03. The summed E-state index contributed by atoms with van der Waals surface area (Å²) in [6.45, 7) is 5.67. The summed E-state index contributed by atoms with van der Waals surface area (Å²) in [5, 5.41) is 3.43. The van der Waals surface area contributed by atoms with E-state index in [1.165, 1.54) is 6.07 Å². The highest BCUT2D eigenvalue weighted by Crippen LogP contribution is 2.47. The van der Waals surface area contributed by atoms with Crippen molar-refractivity contribution in [3.63, 3.8) is 0 Å². The maximum Gasteiger partial charge on any atom is 0.241 e. The summed E-state index contributed by atoms with van der Waals surface area (Å²) in [5.74, 6) is -0.323. The number of rotatable bonds is 2. The Morgan fingerprint density at radius 3 is 2.50 bits per heavy atom. The second kappa shape index (κ2) is 5.44. The molecule has 0 aliphatic carbocycles. The molecule has 8 heteroatoms. The minimum Gasteiger partial charge on any atom is -0.322 e. The first kappa shape index (κ1) is 15.4. The molecule has 1 heterocycles. The fourth-order valence-electron chi connectivity index (χ4n) is 1.59. The van der Waals surface area contributed by atoms with Crippen LogP contribution < -0.4 is 11.1 Å². The summed E-state index contributed by atoms with van der Waals surface area (Å²) in [7, 11) is 0. The second-order valence-electron chi connectivity index (χ2n) is 5.51. The molecule has 1 atom stereocenters. The highest BCUT2D eigenvalue weighted by molar-refractivity contribution is 7.58. The van der Waals surface area contributed by atoms with Gasteiger partial charge in [-0.25, -0.2) is 0 Å². The third-order valence-electron chi connectivity index (χ3n) is 2.91. The van der Waals surface area contributed by atoms with Gasteiger partial charge in [0.15, 0.2) is 0 Å². The van der Waals surface area contributed by atoms with Crippen LogP contribution in [0.3, 0.4) is 0 Å². The lowest BCUT2D eigenvalue weighted by molar-refractivity contribution is -0.119. The molecular formula is C12H14Cl2N4OS. The van der Waals surface area contributed by atoms with E-state index in [-0.39, 0.29) is 11.3 Å². The lowest BCUT2D eigenvalue weighted by Gasteiger charge is -2.26. The Kier molecular flexibility index (Phi) is 4.20. The highest BCUT2D eigenvalue weighted by atomic mass is 35.5. The normalized spacial score (nSPS) is 14.7. The minimum atomic E-state index is -0.670. The maximum atomic E-state index is 12.2. The number of carbonyl (C=O) groups is 1. The first-order chi connectivity index (χ1) is 9.21. The molecule has 1 aromatic rings. The van der Waals surface area contributed by atoms with Crippen LogP contribution in [-0.2, 0) is 16.1 Å². The van der Waals surface area contributed by atoms with E-state index < -0.39 is 6.04 Å². The number of amides is 1. The molecule has 108 valence electrons. The summed E-state index contributed by atoms with van der Waals surface area (Å²) in [6, 6.07) is 0.862. The van der Waals surface area contributed by atoms with E-state index in [1.807, 2.05) is 20.8 Å². The van der Waals surface area contributed by atoms with Gasteiger partial charge >= 0.3 is 0 Å². The molecule has 0 saturated carbocycles. The Morgan fingerprint density at radius 1 is 1.30 bits per heavy atom. The minimum absolute atomic E-state index is 0.310. The van der Waals surface area contributed by atoms with Crippen LogP contribution in [0.4, 0.5) is 17.1 Å². The van der Waals surface area contributed by atoms with Crippen molar-refractivity contribution in [2.24, 2.45) is 19.9 Å². The Morgan fingerprint density at radius 2 is 1.90 bits per heavy atom. The van der Waals surface area contributed by atoms with Gasteiger partial charge in [-0.3, -0.25) is 4.79 Å². The molecule has 20 heavy (non-hydrogen) atoms. The first-order valence-electron chi connectivity index (χ1n) is 5.88. The number of fused-ring (bicyclic) bond motifs is 1. The molecule has 0 unspecified atom stereocenters. The van der Waals surface area contributed by atoms with E-state index in [1.54, 1.807) is 0 Å². The zero-order chi connectivity index (χ0) is 15.1. The lowest BCUT2D eigenvalue weighted by Crippen LogP contribution is -2.45. The molecule has 0 fully saturated rings. The molecular weight excluding hydrogens is 319 g/mol. The number of hydrogen-bond donors (Lipinski definition) is 2. The molecule has 0 radical (unpaired) electrons. The third kappa shape index (κ3) is 2.88.